The van der Waals surface area contributed by atoms with Gasteiger partial charge in [-0.05, 0) is 6.42 Å². The first-order valence-corrected chi connectivity index (χ1v) is 4.85. The van der Waals surface area contributed by atoms with Crippen molar-refractivity contribution in [2.24, 2.45) is 16.6 Å². The van der Waals surface area contributed by atoms with Crippen LogP contribution in [0.25, 0.3) is 0 Å². The molecule has 0 bridgehead atoms. The first-order valence-electron chi connectivity index (χ1n) is 4.85. The van der Waals surface area contributed by atoms with Crippen molar-refractivity contribution in [1.82, 2.24) is 5.01 Å². The van der Waals surface area contributed by atoms with E-state index in [4.69, 9.17) is 16.7 Å². The van der Waals surface area contributed by atoms with Crippen LogP contribution in [0.4, 0.5) is 0 Å². The topological polar surface area (TPSA) is 126 Å². The minimum atomic E-state index is -0.849. The van der Waals surface area contributed by atoms with Gasteiger partial charge in [-0.25, -0.2) is 5.01 Å². The normalized spacial score (nSPS) is 20.5. The summed E-state index contributed by atoms with van der Waals surface area (Å²) in [5.41, 5.74) is 10.5. The Bertz CT molecular complexity index is 359. The molecule has 0 saturated carbocycles. The van der Waals surface area contributed by atoms with Gasteiger partial charge in [-0.15, -0.1) is 0 Å². The van der Waals surface area contributed by atoms with Crippen molar-refractivity contribution in [2.45, 2.75) is 31.3 Å². The fraction of sp³-hybridized carbons (Fsp3) is 0.556. The minimum absolute atomic E-state index is 0.0433. The van der Waals surface area contributed by atoms with Crippen LogP contribution in [0, 0.1) is 11.3 Å². The SMILES string of the molecule is N#CC1CC=NN1C(=O)[C@@H](N)CCC(N)=O. The maximum Gasteiger partial charge on any atom is 0.260 e. The van der Waals surface area contributed by atoms with Gasteiger partial charge in [0.2, 0.25) is 5.91 Å². The number of rotatable bonds is 4. The molecule has 7 nitrogen and oxygen atoms in total. The van der Waals surface area contributed by atoms with Crippen LogP contribution in [-0.4, -0.2) is 35.1 Å². The van der Waals surface area contributed by atoms with Gasteiger partial charge in [0.1, 0.15) is 6.04 Å². The maximum absolute atomic E-state index is 11.7. The summed E-state index contributed by atoms with van der Waals surface area (Å²) >= 11 is 0. The van der Waals surface area contributed by atoms with Crippen molar-refractivity contribution in [2.75, 3.05) is 0 Å². The van der Waals surface area contributed by atoms with Gasteiger partial charge in [-0.1, -0.05) is 0 Å². The lowest BCUT2D eigenvalue weighted by Crippen LogP contribution is -2.44. The number of nitrogens with zero attached hydrogens (tertiary/aromatic N) is 3. The quantitative estimate of drug-likeness (QED) is 0.613. The fourth-order valence-corrected chi connectivity index (χ4v) is 1.32. The lowest BCUT2D eigenvalue weighted by Gasteiger charge is -2.19. The highest BCUT2D eigenvalue weighted by atomic mass is 16.2. The molecule has 0 aromatic rings. The van der Waals surface area contributed by atoms with Gasteiger partial charge in [0.15, 0.2) is 0 Å². The Morgan fingerprint density at radius 2 is 2.38 bits per heavy atom. The molecule has 1 aliphatic rings. The molecule has 4 N–H and O–H groups in total. The molecule has 0 radical (unpaired) electrons. The number of hydrogen-bond acceptors (Lipinski definition) is 5. The summed E-state index contributed by atoms with van der Waals surface area (Å²) in [4.78, 5) is 22.2. The molecule has 0 aromatic carbocycles. The Balaban J connectivity index is 2.53. The Kier molecular flexibility index (Phi) is 3.96. The zero-order valence-electron chi connectivity index (χ0n) is 8.67. The van der Waals surface area contributed by atoms with Crippen LogP contribution in [0.3, 0.4) is 0 Å². The van der Waals surface area contributed by atoms with Gasteiger partial charge < -0.3 is 11.5 Å². The predicted molar refractivity (Wildman–Crippen MR) is 55.8 cm³/mol. The van der Waals surface area contributed by atoms with Crippen LogP contribution in [0.5, 0.6) is 0 Å². The second-order valence-corrected chi connectivity index (χ2v) is 3.47. The zero-order chi connectivity index (χ0) is 12.1. The largest absolute Gasteiger partial charge is 0.370 e. The van der Waals surface area contributed by atoms with Gasteiger partial charge >= 0.3 is 0 Å². The van der Waals surface area contributed by atoms with Gasteiger partial charge in [0.05, 0.1) is 12.1 Å². The summed E-state index contributed by atoms with van der Waals surface area (Å²) in [5, 5.41) is 13.6. The van der Waals surface area contributed by atoms with E-state index in [2.05, 4.69) is 5.10 Å². The lowest BCUT2D eigenvalue weighted by molar-refractivity contribution is -0.133. The Morgan fingerprint density at radius 3 is 2.94 bits per heavy atom. The number of carbonyl (C=O) groups excluding carboxylic acids is 2. The van der Waals surface area contributed by atoms with Gasteiger partial charge in [-0.3, -0.25) is 9.59 Å². The standard InChI is InChI=1S/C9H13N5O2/c10-5-6-3-4-13-14(6)9(16)7(11)1-2-8(12)15/h4,6-7H,1-3,11H2,(H2,12,15)/t6?,7-/m0/s1. The van der Waals surface area contributed by atoms with Crippen LogP contribution >= 0.6 is 0 Å². The summed E-state index contributed by atoms with van der Waals surface area (Å²) in [5.74, 6) is -0.966. The van der Waals surface area contributed by atoms with E-state index in [1.807, 2.05) is 6.07 Å². The Hall–Kier alpha value is -1.94. The summed E-state index contributed by atoms with van der Waals surface area (Å²) < 4.78 is 0. The fourth-order valence-electron chi connectivity index (χ4n) is 1.32. The molecule has 1 unspecified atom stereocenters. The van der Waals surface area contributed by atoms with Crippen molar-refractivity contribution < 1.29 is 9.59 Å². The average molecular weight is 223 g/mol. The maximum atomic E-state index is 11.7. The monoisotopic (exact) mass is 223 g/mol. The molecule has 0 aliphatic carbocycles. The van der Waals surface area contributed by atoms with Crippen LogP contribution in [0.15, 0.2) is 5.10 Å². The molecule has 1 aliphatic heterocycles. The highest BCUT2D eigenvalue weighted by molar-refractivity contribution is 5.85. The molecule has 1 rings (SSSR count). The van der Waals surface area contributed by atoms with Crippen molar-refractivity contribution in [3.63, 3.8) is 0 Å². The van der Waals surface area contributed by atoms with E-state index in [9.17, 15) is 9.59 Å². The van der Waals surface area contributed by atoms with Gasteiger partial charge in [-0.2, -0.15) is 10.4 Å². The molecule has 0 saturated heterocycles. The first kappa shape index (κ1) is 12.1. The molecule has 2 amide bonds. The number of amides is 2. The predicted octanol–water partition coefficient (Wildman–Crippen LogP) is -1.31. The molecule has 7 heteroatoms. The first-order chi connectivity index (χ1) is 7.56. The molecular weight excluding hydrogens is 210 g/mol. The third-order valence-corrected chi connectivity index (χ3v) is 2.22. The molecule has 0 spiro atoms. The van der Waals surface area contributed by atoms with Crippen LogP contribution < -0.4 is 11.5 Å². The van der Waals surface area contributed by atoms with Crippen molar-refractivity contribution in [3.8, 4) is 6.07 Å². The van der Waals surface area contributed by atoms with E-state index in [1.54, 1.807) is 0 Å². The van der Waals surface area contributed by atoms with E-state index in [0.717, 1.165) is 5.01 Å². The van der Waals surface area contributed by atoms with Crippen molar-refractivity contribution in [1.29, 1.82) is 5.26 Å². The van der Waals surface area contributed by atoms with Crippen molar-refractivity contribution >= 4 is 18.0 Å². The third-order valence-electron chi connectivity index (χ3n) is 2.22. The summed E-state index contributed by atoms with van der Waals surface area (Å²) in [6.45, 7) is 0. The van der Waals surface area contributed by atoms with Crippen LogP contribution in [0.2, 0.25) is 0 Å². The second-order valence-electron chi connectivity index (χ2n) is 3.47. The van der Waals surface area contributed by atoms with E-state index >= 15 is 0 Å². The Morgan fingerprint density at radius 1 is 1.69 bits per heavy atom. The molecule has 0 aromatic heterocycles. The number of carbonyl (C=O) groups is 2. The number of nitriles is 1. The van der Waals surface area contributed by atoms with E-state index in [1.165, 1.54) is 6.21 Å². The summed E-state index contributed by atoms with van der Waals surface area (Å²) in [6, 6.07) is 0.508. The summed E-state index contributed by atoms with van der Waals surface area (Å²) in [6.07, 6.45) is 2.11. The molecule has 1 heterocycles. The number of nitrogens with two attached hydrogens (primary N) is 2. The minimum Gasteiger partial charge on any atom is -0.370 e. The van der Waals surface area contributed by atoms with E-state index < -0.39 is 23.9 Å². The Labute approximate surface area is 92.7 Å². The number of primary amides is 1. The molecule has 2 atom stereocenters. The lowest BCUT2D eigenvalue weighted by atomic mass is 10.1. The highest BCUT2D eigenvalue weighted by Gasteiger charge is 2.30. The second kappa shape index (κ2) is 5.23. The van der Waals surface area contributed by atoms with Gasteiger partial charge in [0.25, 0.3) is 5.91 Å². The van der Waals surface area contributed by atoms with E-state index in [-0.39, 0.29) is 12.8 Å². The molecular formula is C9H13N5O2. The third kappa shape index (κ3) is 2.77. The zero-order valence-corrected chi connectivity index (χ0v) is 8.67. The number of hydrogen-bond donors (Lipinski definition) is 2. The van der Waals surface area contributed by atoms with E-state index in [0.29, 0.717) is 6.42 Å². The molecule has 16 heavy (non-hydrogen) atoms. The number of hydrazone groups is 1. The summed E-state index contributed by atoms with van der Waals surface area (Å²) in [7, 11) is 0. The van der Waals surface area contributed by atoms with Crippen LogP contribution in [-0.2, 0) is 9.59 Å². The van der Waals surface area contributed by atoms with Crippen LogP contribution in [0.1, 0.15) is 19.3 Å². The van der Waals surface area contributed by atoms with Crippen molar-refractivity contribution in [3.05, 3.63) is 0 Å². The van der Waals surface area contributed by atoms with Gasteiger partial charge in [0, 0.05) is 19.1 Å². The molecule has 86 valence electrons. The smallest absolute Gasteiger partial charge is 0.260 e. The average Bonchev–Trinajstić information content (AvgIpc) is 2.72. The highest BCUT2D eigenvalue weighted by Crippen LogP contribution is 2.12. The molecule has 0 fully saturated rings.